The monoisotopic (exact) mass is 268 g/mol. The molecule has 2 N–H and O–H groups in total. The van der Waals surface area contributed by atoms with Crippen molar-refractivity contribution in [2.75, 3.05) is 6.54 Å². The summed E-state index contributed by atoms with van der Waals surface area (Å²) in [5, 5.41) is 4.94. The topological polar surface area (TPSA) is 50.4 Å². The summed E-state index contributed by atoms with van der Waals surface area (Å²) in [6.07, 6.45) is -4.57. The lowest BCUT2D eigenvalue weighted by atomic mass is 10.0. The van der Waals surface area contributed by atoms with Crippen molar-refractivity contribution in [2.24, 2.45) is 0 Å². The van der Waals surface area contributed by atoms with Gasteiger partial charge in [0.05, 0.1) is 0 Å². The van der Waals surface area contributed by atoms with E-state index in [2.05, 4.69) is 10.6 Å². The quantitative estimate of drug-likeness (QED) is 0.766. The van der Waals surface area contributed by atoms with Crippen LogP contribution in [0.1, 0.15) is 33.6 Å². The Kier molecular flexibility index (Phi) is 4.47. The number of hydrogen-bond donors (Lipinski definition) is 2. The summed E-state index contributed by atoms with van der Waals surface area (Å²) in [6.45, 7) is 5.28. The van der Waals surface area contributed by atoms with Gasteiger partial charge in [-0.15, -0.1) is 0 Å². The molecule has 4 nitrogen and oxygen atoms in total. The molecule has 1 heterocycles. The van der Waals surface area contributed by atoms with Crippen LogP contribution in [-0.2, 0) is 4.74 Å². The predicted molar refractivity (Wildman–Crippen MR) is 60.2 cm³/mol. The van der Waals surface area contributed by atoms with E-state index < -0.39 is 23.9 Å². The molecule has 0 saturated carbocycles. The number of amides is 1. The molecule has 1 fully saturated rings. The number of piperidine rings is 1. The smallest absolute Gasteiger partial charge is 0.407 e. The van der Waals surface area contributed by atoms with Gasteiger partial charge in [0.15, 0.2) is 0 Å². The Labute approximate surface area is 104 Å². The normalized spacial score (nSPS) is 25.7. The van der Waals surface area contributed by atoms with Crippen LogP contribution in [0, 0.1) is 0 Å². The van der Waals surface area contributed by atoms with E-state index in [4.69, 9.17) is 4.74 Å². The highest BCUT2D eigenvalue weighted by Crippen LogP contribution is 2.26. The number of carbonyl (C=O) groups is 1. The molecule has 1 aliphatic heterocycles. The number of halogens is 3. The summed E-state index contributed by atoms with van der Waals surface area (Å²) in [6, 6.07) is -1.80. The van der Waals surface area contributed by atoms with Gasteiger partial charge in [0.25, 0.3) is 0 Å². The summed E-state index contributed by atoms with van der Waals surface area (Å²) in [4.78, 5) is 11.4. The minimum Gasteiger partial charge on any atom is -0.444 e. The van der Waals surface area contributed by atoms with Crippen molar-refractivity contribution >= 4 is 6.09 Å². The molecule has 7 heteroatoms. The van der Waals surface area contributed by atoms with Crippen LogP contribution >= 0.6 is 0 Å². The molecule has 18 heavy (non-hydrogen) atoms. The van der Waals surface area contributed by atoms with Crippen LogP contribution in [-0.4, -0.2) is 36.5 Å². The molecule has 0 aliphatic carbocycles. The number of hydrogen-bond acceptors (Lipinski definition) is 3. The van der Waals surface area contributed by atoms with E-state index in [1.54, 1.807) is 20.8 Å². The molecular formula is C11H19F3N2O2. The number of carbonyl (C=O) groups excluding carboxylic acids is 1. The highest BCUT2D eigenvalue weighted by molar-refractivity contribution is 5.68. The molecule has 0 radical (unpaired) electrons. The lowest BCUT2D eigenvalue weighted by molar-refractivity contribution is -0.160. The van der Waals surface area contributed by atoms with Gasteiger partial charge in [0.1, 0.15) is 11.6 Å². The van der Waals surface area contributed by atoms with Gasteiger partial charge >= 0.3 is 12.3 Å². The largest absolute Gasteiger partial charge is 0.444 e. The highest BCUT2D eigenvalue weighted by atomic mass is 19.4. The summed E-state index contributed by atoms with van der Waals surface area (Å²) in [5.74, 6) is 0. The van der Waals surface area contributed by atoms with Gasteiger partial charge in [-0.05, 0) is 33.6 Å². The molecule has 1 aliphatic rings. The second-order valence-corrected chi connectivity index (χ2v) is 5.42. The molecular weight excluding hydrogens is 249 g/mol. The molecule has 106 valence electrons. The molecule has 0 aromatic rings. The zero-order chi connectivity index (χ0) is 14.0. The Morgan fingerprint density at radius 3 is 2.28 bits per heavy atom. The molecule has 0 bridgehead atoms. The summed E-state index contributed by atoms with van der Waals surface area (Å²) < 4.78 is 42.2. The zero-order valence-corrected chi connectivity index (χ0v) is 10.7. The van der Waals surface area contributed by atoms with E-state index >= 15 is 0 Å². The lowest BCUT2D eigenvalue weighted by Gasteiger charge is -2.32. The van der Waals surface area contributed by atoms with Crippen molar-refractivity contribution in [3.63, 3.8) is 0 Å². The molecule has 0 aromatic heterocycles. The predicted octanol–water partition coefficient (Wildman–Crippen LogP) is 2.19. The van der Waals surface area contributed by atoms with Crippen molar-refractivity contribution in [1.82, 2.24) is 10.6 Å². The standard InChI is InChI=1S/C11H19F3N2O2/c1-10(2,3)18-9(17)16-7-4-5-8(15-6-7)11(12,13)14/h7-8,15H,4-6H2,1-3H3,(H,16,17)/t7-,8-/m0/s1. The maximum absolute atomic E-state index is 12.4. The van der Waals surface area contributed by atoms with Gasteiger partial charge in [-0.3, -0.25) is 0 Å². The lowest BCUT2D eigenvalue weighted by Crippen LogP contribution is -2.54. The van der Waals surface area contributed by atoms with Gasteiger partial charge in [-0.1, -0.05) is 0 Å². The molecule has 1 saturated heterocycles. The van der Waals surface area contributed by atoms with Gasteiger partial charge < -0.3 is 15.4 Å². The minimum atomic E-state index is -4.23. The second kappa shape index (κ2) is 5.34. The van der Waals surface area contributed by atoms with Crippen molar-refractivity contribution in [3.05, 3.63) is 0 Å². The van der Waals surface area contributed by atoms with Crippen molar-refractivity contribution < 1.29 is 22.7 Å². The van der Waals surface area contributed by atoms with Gasteiger partial charge in [0, 0.05) is 12.6 Å². The Balaban J connectivity index is 2.34. The SMILES string of the molecule is CC(C)(C)OC(=O)N[C@H]1CC[C@@H](C(F)(F)F)NC1. The van der Waals surface area contributed by atoms with E-state index in [0.29, 0.717) is 0 Å². The average molecular weight is 268 g/mol. The molecule has 2 atom stereocenters. The number of ether oxygens (including phenoxy) is 1. The van der Waals surface area contributed by atoms with E-state index in [-0.39, 0.29) is 25.4 Å². The summed E-state index contributed by atoms with van der Waals surface area (Å²) >= 11 is 0. The Hall–Kier alpha value is -0.980. The van der Waals surface area contributed by atoms with Crippen molar-refractivity contribution in [3.8, 4) is 0 Å². The second-order valence-electron chi connectivity index (χ2n) is 5.42. The average Bonchev–Trinajstić information content (AvgIpc) is 2.13. The third-order valence-corrected chi connectivity index (χ3v) is 2.53. The first-order valence-electron chi connectivity index (χ1n) is 5.87. The van der Waals surface area contributed by atoms with Gasteiger partial charge in [0.2, 0.25) is 0 Å². The van der Waals surface area contributed by atoms with E-state index in [9.17, 15) is 18.0 Å². The Morgan fingerprint density at radius 1 is 1.28 bits per heavy atom. The maximum Gasteiger partial charge on any atom is 0.407 e. The molecule has 1 amide bonds. The van der Waals surface area contributed by atoms with Crippen LogP contribution in [0.2, 0.25) is 0 Å². The Morgan fingerprint density at radius 2 is 1.89 bits per heavy atom. The molecule has 0 unspecified atom stereocenters. The first kappa shape index (κ1) is 15.1. The number of alkyl halides is 3. The fourth-order valence-electron chi connectivity index (χ4n) is 1.73. The first-order valence-corrected chi connectivity index (χ1v) is 5.87. The van der Waals surface area contributed by atoms with E-state index in [1.165, 1.54) is 0 Å². The van der Waals surface area contributed by atoms with Crippen LogP contribution in [0.3, 0.4) is 0 Å². The maximum atomic E-state index is 12.4. The highest BCUT2D eigenvalue weighted by Gasteiger charge is 2.41. The van der Waals surface area contributed by atoms with Crippen LogP contribution in [0.25, 0.3) is 0 Å². The third-order valence-electron chi connectivity index (χ3n) is 2.53. The Bertz CT molecular complexity index is 292. The van der Waals surface area contributed by atoms with Crippen molar-refractivity contribution in [2.45, 2.75) is 57.5 Å². The number of rotatable bonds is 1. The van der Waals surface area contributed by atoms with Gasteiger partial charge in [-0.25, -0.2) is 4.79 Å². The summed E-state index contributed by atoms with van der Waals surface area (Å²) in [5.41, 5.74) is -0.610. The number of nitrogens with one attached hydrogen (secondary N) is 2. The van der Waals surface area contributed by atoms with Crippen LogP contribution in [0.4, 0.5) is 18.0 Å². The zero-order valence-electron chi connectivity index (χ0n) is 10.7. The van der Waals surface area contributed by atoms with Crippen molar-refractivity contribution in [1.29, 1.82) is 0 Å². The first-order chi connectivity index (χ1) is 8.08. The summed E-state index contributed by atoms with van der Waals surface area (Å²) in [7, 11) is 0. The van der Waals surface area contributed by atoms with E-state index in [0.717, 1.165) is 0 Å². The fraction of sp³-hybridized carbons (Fsp3) is 0.909. The van der Waals surface area contributed by atoms with Crippen LogP contribution in [0.5, 0.6) is 0 Å². The molecule has 0 spiro atoms. The molecule has 0 aromatic carbocycles. The fourth-order valence-corrected chi connectivity index (χ4v) is 1.73. The van der Waals surface area contributed by atoms with E-state index in [1.807, 2.05) is 0 Å². The molecule has 1 rings (SSSR count). The van der Waals surface area contributed by atoms with Gasteiger partial charge in [-0.2, -0.15) is 13.2 Å². The minimum absolute atomic E-state index is 0.0377. The van der Waals surface area contributed by atoms with Crippen LogP contribution < -0.4 is 10.6 Å². The third kappa shape index (κ3) is 5.12. The van der Waals surface area contributed by atoms with Crippen LogP contribution in [0.15, 0.2) is 0 Å². The number of alkyl carbamates (subject to hydrolysis) is 1.